The van der Waals surface area contributed by atoms with Crippen LogP contribution in [0, 0.1) is 0 Å². The van der Waals surface area contributed by atoms with E-state index in [9.17, 15) is 8.78 Å². The molecular formula is C19H17F2N7O. The van der Waals surface area contributed by atoms with E-state index < -0.39 is 6.43 Å². The summed E-state index contributed by atoms with van der Waals surface area (Å²) >= 11 is 0. The predicted molar refractivity (Wildman–Crippen MR) is 99.3 cm³/mol. The van der Waals surface area contributed by atoms with Gasteiger partial charge in [-0.05, 0) is 31.0 Å². The van der Waals surface area contributed by atoms with Crippen LogP contribution in [0.5, 0.6) is 0 Å². The quantitative estimate of drug-likeness (QED) is 0.525. The van der Waals surface area contributed by atoms with Crippen LogP contribution in [0.25, 0.3) is 28.3 Å². The van der Waals surface area contributed by atoms with Crippen LogP contribution >= 0.6 is 0 Å². The summed E-state index contributed by atoms with van der Waals surface area (Å²) in [6, 6.07) is 4.88. The fraction of sp³-hybridized carbons (Fsp3) is 0.316. The van der Waals surface area contributed by atoms with Crippen molar-refractivity contribution >= 4 is 5.65 Å². The van der Waals surface area contributed by atoms with Gasteiger partial charge in [-0.25, -0.2) is 28.2 Å². The molecule has 0 amide bonds. The van der Waals surface area contributed by atoms with Gasteiger partial charge >= 0.3 is 0 Å². The Hall–Kier alpha value is -3.27. The molecule has 5 rings (SSSR count). The number of imidazole rings is 1. The van der Waals surface area contributed by atoms with Gasteiger partial charge in [0.1, 0.15) is 17.7 Å². The third-order valence-electron chi connectivity index (χ3n) is 5.00. The fourth-order valence-electron chi connectivity index (χ4n) is 3.45. The molecule has 4 aromatic rings. The predicted octanol–water partition coefficient (Wildman–Crippen LogP) is 3.34. The van der Waals surface area contributed by atoms with Gasteiger partial charge in [0.05, 0.1) is 29.8 Å². The van der Waals surface area contributed by atoms with Crippen molar-refractivity contribution in [2.24, 2.45) is 0 Å². The number of alkyl halides is 2. The Morgan fingerprint density at radius 3 is 2.69 bits per heavy atom. The van der Waals surface area contributed by atoms with E-state index in [0.717, 1.165) is 31.6 Å². The van der Waals surface area contributed by atoms with Crippen molar-refractivity contribution in [2.75, 3.05) is 13.2 Å². The average Bonchev–Trinajstić information content (AvgIpc) is 3.41. The molecule has 0 unspecified atom stereocenters. The lowest BCUT2D eigenvalue weighted by atomic mass is 10.1. The summed E-state index contributed by atoms with van der Waals surface area (Å²) in [5.74, 6) is 0. The molecule has 148 valence electrons. The highest BCUT2D eigenvalue weighted by Crippen LogP contribution is 2.26. The van der Waals surface area contributed by atoms with Crippen molar-refractivity contribution < 1.29 is 13.5 Å². The number of nitrogens with zero attached hydrogens (tertiary/aromatic N) is 7. The number of hydrogen-bond donors (Lipinski definition) is 0. The first kappa shape index (κ1) is 17.8. The lowest BCUT2D eigenvalue weighted by molar-refractivity contribution is 0.0662. The molecule has 0 aliphatic carbocycles. The third kappa shape index (κ3) is 3.35. The number of aromatic nitrogens is 7. The molecule has 1 aliphatic rings. The van der Waals surface area contributed by atoms with Crippen molar-refractivity contribution in [1.29, 1.82) is 0 Å². The Morgan fingerprint density at radius 1 is 1.03 bits per heavy atom. The Labute approximate surface area is 164 Å². The van der Waals surface area contributed by atoms with E-state index in [4.69, 9.17) is 4.74 Å². The lowest BCUT2D eigenvalue weighted by Gasteiger charge is -2.22. The van der Waals surface area contributed by atoms with Crippen LogP contribution in [0.4, 0.5) is 8.78 Å². The maximum absolute atomic E-state index is 13.0. The highest BCUT2D eigenvalue weighted by Gasteiger charge is 2.18. The van der Waals surface area contributed by atoms with E-state index in [1.165, 1.54) is 23.0 Å². The van der Waals surface area contributed by atoms with Crippen LogP contribution in [-0.2, 0) is 4.74 Å². The second-order valence-electron chi connectivity index (χ2n) is 6.81. The maximum Gasteiger partial charge on any atom is 0.282 e. The molecule has 0 bridgehead atoms. The Bertz CT molecular complexity index is 1150. The molecule has 0 atom stereocenters. The van der Waals surface area contributed by atoms with Crippen LogP contribution in [0.3, 0.4) is 0 Å². The zero-order valence-electron chi connectivity index (χ0n) is 15.3. The van der Waals surface area contributed by atoms with Gasteiger partial charge in [0.2, 0.25) is 0 Å². The van der Waals surface area contributed by atoms with E-state index in [1.54, 1.807) is 18.5 Å². The molecule has 5 heterocycles. The minimum absolute atomic E-state index is 0.314. The van der Waals surface area contributed by atoms with Crippen LogP contribution in [0.2, 0.25) is 0 Å². The van der Waals surface area contributed by atoms with Gasteiger partial charge in [0, 0.05) is 25.0 Å². The summed E-state index contributed by atoms with van der Waals surface area (Å²) in [4.78, 5) is 12.9. The molecule has 29 heavy (non-hydrogen) atoms. The summed E-state index contributed by atoms with van der Waals surface area (Å²) in [6.45, 7) is 1.47. The van der Waals surface area contributed by atoms with Crippen molar-refractivity contribution in [3.63, 3.8) is 0 Å². The zero-order chi connectivity index (χ0) is 19.8. The zero-order valence-corrected chi connectivity index (χ0v) is 15.3. The van der Waals surface area contributed by atoms with Crippen molar-refractivity contribution in [1.82, 2.24) is 34.3 Å². The molecule has 1 fully saturated rings. The lowest BCUT2D eigenvalue weighted by Crippen LogP contribution is -2.19. The largest absolute Gasteiger partial charge is 0.381 e. The van der Waals surface area contributed by atoms with Crippen molar-refractivity contribution in [3.8, 4) is 22.6 Å². The first-order valence-corrected chi connectivity index (χ1v) is 9.26. The van der Waals surface area contributed by atoms with Crippen LogP contribution in [0.1, 0.15) is 31.0 Å². The third-order valence-corrected chi connectivity index (χ3v) is 5.00. The van der Waals surface area contributed by atoms with Crippen molar-refractivity contribution in [2.45, 2.75) is 25.3 Å². The standard InChI is InChI=1S/C19H17F2N7O/c20-19(21)14-1-2-18-22-9-17(28(18)26-14)16-7-15(23-11-24-16)12-8-25-27(10-12)13-3-5-29-6-4-13/h1-2,7-11,13,19H,3-6H2. The topological polar surface area (TPSA) is 83.0 Å². The molecule has 8 nitrogen and oxygen atoms in total. The minimum atomic E-state index is -2.66. The fourth-order valence-corrected chi connectivity index (χ4v) is 3.45. The van der Waals surface area contributed by atoms with E-state index in [2.05, 4.69) is 25.1 Å². The van der Waals surface area contributed by atoms with Gasteiger partial charge in [-0.2, -0.15) is 10.2 Å². The molecule has 0 aromatic carbocycles. The van der Waals surface area contributed by atoms with Crippen molar-refractivity contribution in [3.05, 3.63) is 48.8 Å². The Balaban J connectivity index is 1.50. The van der Waals surface area contributed by atoms with Gasteiger partial charge in [0.25, 0.3) is 6.43 Å². The summed E-state index contributed by atoms with van der Waals surface area (Å²) < 4.78 is 34.8. The molecule has 0 spiro atoms. The van der Waals surface area contributed by atoms with Gasteiger partial charge in [-0.3, -0.25) is 4.68 Å². The average molecular weight is 397 g/mol. The Morgan fingerprint density at radius 2 is 1.86 bits per heavy atom. The normalized spacial score (nSPS) is 15.4. The number of ether oxygens (including phenoxy) is 1. The number of fused-ring (bicyclic) bond motifs is 1. The first-order chi connectivity index (χ1) is 14.2. The molecule has 1 aliphatic heterocycles. The van der Waals surface area contributed by atoms with Gasteiger partial charge in [0.15, 0.2) is 5.65 Å². The highest BCUT2D eigenvalue weighted by atomic mass is 19.3. The van der Waals surface area contributed by atoms with Crippen LogP contribution in [0.15, 0.2) is 43.1 Å². The maximum atomic E-state index is 13.0. The summed E-state index contributed by atoms with van der Waals surface area (Å²) in [5.41, 5.74) is 2.76. The molecule has 0 saturated carbocycles. The number of halogens is 2. The summed E-state index contributed by atoms with van der Waals surface area (Å²) in [7, 11) is 0. The highest BCUT2D eigenvalue weighted by molar-refractivity contribution is 5.66. The monoisotopic (exact) mass is 397 g/mol. The first-order valence-electron chi connectivity index (χ1n) is 9.26. The van der Waals surface area contributed by atoms with E-state index in [0.29, 0.717) is 28.8 Å². The van der Waals surface area contributed by atoms with E-state index in [-0.39, 0.29) is 5.69 Å². The van der Waals surface area contributed by atoms with Crippen LogP contribution < -0.4 is 0 Å². The van der Waals surface area contributed by atoms with E-state index in [1.807, 2.05) is 10.9 Å². The summed E-state index contributed by atoms with van der Waals surface area (Å²) in [6.07, 6.45) is 5.92. The van der Waals surface area contributed by atoms with E-state index >= 15 is 0 Å². The van der Waals surface area contributed by atoms with Gasteiger partial charge < -0.3 is 4.74 Å². The Kier molecular flexibility index (Phi) is 4.47. The second-order valence-corrected chi connectivity index (χ2v) is 6.81. The number of hydrogen-bond acceptors (Lipinski definition) is 6. The number of rotatable bonds is 4. The molecule has 4 aromatic heterocycles. The van der Waals surface area contributed by atoms with Gasteiger partial charge in [-0.15, -0.1) is 0 Å². The molecular weight excluding hydrogens is 380 g/mol. The molecule has 10 heteroatoms. The molecule has 1 saturated heterocycles. The molecule has 0 radical (unpaired) electrons. The minimum Gasteiger partial charge on any atom is -0.381 e. The van der Waals surface area contributed by atoms with Gasteiger partial charge in [-0.1, -0.05) is 0 Å². The molecule has 0 N–H and O–H groups in total. The summed E-state index contributed by atoms with van der Waals surface area (Å²) in [5, 5.41) is 8.47. The smallest absolute Gasteiger partial charge is 0.282 e. The van der Waals surface area contributed by atoms with Crippen LogP contribution in [-0.4, -0.2) is 47.6 Å². The second kappa shape index (κ2) is 7.28. The SMILES string of the molecule is FC(F)c1ccc2ncc(-c3cc(-c4cnn(C5CCOCC5)c4)ncn3)n2n1.